The van der Waals surface area contributed by atoms with E-state index in [1.54, 1.807) is 0 Å². The number of likely N-dealkylation sites (N-methyl/N-ethyl adjacent to an activating group) is 1. The van der Waals surface area contributed by atoms with Gasteiger partial charge in [-0.3, -0.25) is 0 Å². The molecule has 2 nitrogen and oxygen atoms in total. The molecule has 1 fully saturated rings. The maximum atomic E-state index is 3.36. The minimum atomic E-state index is 0. The zero-order valence-corrected chi connectivity index (χ0v) is 7.74. The van der Waals surface area contributed by atoms with Gasteiger partial charge >= 0.3 is 0 Å². The van der Waals surface area contributed by atoms with Crippen molar-refractivity contribution in [2.24, 2.45) is 5.92 Å². The van der Waals surface area contributed by atoms with Crippen molar-refractivity contribution in [3.05, 3.63) is 0 Å². The van der Waals surface area contributed by atoms with E-state index >= 15 is 0 Å². The minimum Gasteiger partial charge on any atom is -0.315 e. The number of hydrogen-bond acceptors (Lipinski definition) is 2. The standard InChI is InChI=1S/C7H16N2.ClH/c1-6-4-8-5-7(6)9(2)3;/h6-8H,4-5H2,1-3H3;1H/t6-,7+;/m1./s1. The Hall–Kier alpha value is 0.210. The number of rotatable bonds is 1. The van der Waals surface area contributed by atoms with E-state index in [1.807, 2.05) is 0 Å². The molecule has 0 aromatic heterocycles. The lowest BCUT2D eigenvalue weighted by Gasteiger charge is -2.21. The molecule has 0 aromatic rings. The summed E-state index contributed by atoms with van der Waals surface area (Å²) in [7, 11) is 4.29. The topological polar surface area (TPSA) is 15.3 Å². The van der Waals surface area contributed by atoms with Gasteiger partial charge in [-0.25, -0.2) is 0 Å². The highest BCUT2D eigenvalue weighted by molar-refractivity contribution is 5.85. The Bertz CT molecular complexity index is 95.6. The highest BCUT2D eigenvalue weighted by atomic mass is 35.5. The van der Waals surface area contributed by atoms with Crippen LogP contribution in [0.1, 0.15) is 6.92 Å². The first-order chi connectivity index (χ1) is 4.22. The third-order valence-electron chi connectivity index (χ3n) is 2.14. The average molecular weight is 165 g/mol. The van der Waals surface area contributed by atoms with Gasteiger partial charge in [-0.05, 0) is 26.6 Å². The molecule has 0 radical (unpaired) electrons. The van der Waals surface area contributed by atoms with E-state index in [4.69, 9.17) is 0 Å². The van der Waals surface area contributed by atoms with Crippen LogP contribution in [0.25, 0.3) is 0 Å². The van der Waals surface area contributed by atoms with Crippen LogP contribution in [0.5, 0.6) is 0 Å². The van der Waals surface area contributed by atoms with Gasteiger partial charge in [0.25, 0.3) is 0 Å². The molecule has 1 saturated heterocycles. The lowest BCUT2D eigenvalue weighted by atomic mass is 10.1. The van der Waals surface area contributed by atoms with Crippen LogP contribution >= 0.6 is 12.4 Å². The summed E-state index contributed by atoms with van der Waals surface area (Å²) in [6, 6.07) is 0.755. The highest BCUT2D eigenvalue weighted by Gasteiger charge is 2.23. The van der Waals surface area contributed by atoms with Crippen LogP contribution < -0.4 is 5.32 Å². The fourth-order valence-corrected chi connectivity index (χ4v) is 1.49. The summed E-state index contributed by atoms with van der Waals surface area (Å²) in [4.78, 5) is 2.30. The number of nitrogens with zero attached hydrogens (tertiary/aromatic N) is 1. The van der Waals surface area contributed by atoms with Gasteiger partial charge in [0.2, 0.25) is 0 Å². The third kappa shape index (κ3) is 2.11. The molecular weight excluding hydrogens is 148 g/mol. The molecule has 1 rings (SSSR count). The summed E-state index contributed by atoms with van der Waals surface area (Å²) >= 11 is 0. The van der Waals surface area contributed by atoms with Gasteiger partial charge in [-0.15, -0.1) is 12.4 Å². The first kappa shape index (κ1) is 10.2. The third-order valence-corrected chi connectivity index (χ3v) is 2.14. The summed E-state index contributed by atoms with van der Waals surface area (Å²) in [5.41, 5.74) is 0. The Balaban J connectivity index is 0.000000810. The van der Waals surface area contributed by atoms with Crippen LogP contribution in [-0.2, 0) is 0 Å². The molecule has 0 amide bonds. The van der Waals surface area contributed by atoms with Crippen LogP contribution in [0.3, 0.4) is 0 Å². The summed E-state index contributed by atoms with van der Waals surface area (Å²) < 4.78 is 0. The van der Waals surface area contributed by atoms with Crippen LogP contribution in [-0.4, -0.2) is 38.1 Å². The zero-order valence-electron chi connectivity index (χ0n) is 6.92. The maximum Gasteiger partial charge on any atom is 0.0252 e. The Morgan fingerprint density at radius 3 is 2.10 bits per heavy atom. The second-order valence-corrected chi connectivity index (χ2v) is 3.17. The van der Waals surface area contributed by atoms with Crippen LogP contribution in [0.2, 0.25) is 0 Å². The van der Waals surface area contributed by atoms with Gasteiger partial charge < -0.3 is 10.2 Å². The van der Waals surface area contributed by atoms with E-state index in [0.29, 0.717) is 0 Å². The SMILES string of the molecule is C[C@@H]1CNC[C@@H]1N(C)C.Cl. The Morgan fingerprint density at radius 2 is 1.90 bits per heavy atom. The molecule has 3 heteroatoms. The first-order valence-corrected chi connectivity index (χ1v) is 3.59. The molecule has 1 heterocycles. The smallest absolute Gasteiger partial charge is 0.0252 e. The Morgan fingerprint density at radius 1 is 1.30 bits per heavy atom. The molecule has 2 atom stereocenters. The molecule has 1 N–H and O–H groups in total. The second-order valence-electron chi connectivity index (χ2n) is 3.17. The molecule has 0 bridgehead atoms. The normalized spacial score (nSPS) is 32.4. The van der Waals surface area contributed by atoms with Crippen molar-refractivity contribution >= 4 is 12.4 Å². The summed E-state index contributed by atoms with van der Waals surface area (Å²) in [6.45, 7) is 4.64. The van der Waals surface area contributed by atoms with Crippen molar-refractivity contribution in [2.45, 2.75) is 13.0 Å². The van der Waals surface area contributed by atoms with Crippen LogP contribution in [0.15, 0.2) is 0 Å². The molecule has 10 heavy (non-hydrogen) atoms. The lowest BCUT2D eigenvalue weighted by Crippen LogP contribution is -2.33. The van der Waals surface area contributed by atoms with Crippen LogP contribution in [0, 0.1) is 5.92 Å². The fourth-order valence-electron chi connectivity index (χ4n) is 1.49. The average Bonchev–Trinajstić information content (AvgIpc) is 2.13. The minimum absolute atomic E-state index is 0. The summed E-state index contributed by atoms with van der Waals surface area (Å²) in [6.07, 6.45) is 0. The van der Waals surface area contributed by atoms with Crippen molar-refractivity contribution in [1.29, 1.82) is 0 Å². The monoisotopic (exact) mass is 164 g/mol. The van der Waals surface area contributed by atoms with Crippen molar-refractivity contribution in [2.75, 3.05) is 27.2 Å². The quantitative estimate of drug-likeness (QED) is 0.610. The zero-order chi connectivity index (χ0) is 6.85. The fraction of sp³-hybridized carbons (Fsp3) is 1.00. The second kappa shape index (κ2) is 4.16. The molecule has 1 aliphatic rings. The van der Waals surface area contributed by atoms with Gasteiger partial charge in [0.1, 0.15) is 0 Å². The van der Waals surface area contributed by atoms with Gasteiger partial charge in [0.15, 0.2) is 0 Å². The predicted octanol–water partition coefficient (Wildman–Crippen LogP) is 0.578. The van der Waals surface area contributed by atoms with E-state index in [0.717, 1.165) is 18.5 Å². The molecule has 0 unspecified atom stereocenters. The van der Waals surface area contributed by atoms with Crippen molar-refractivity contribution < 1.29 is 0 Å². The van der Waals surface area contributed by atoms with Gasteiger partial charge in [0.05, 0.1) is 0 Å². The molecule has 0 aliphatic carbocycles. The molecule has 1 aliphatic heterocycles. The van der Waals surface area contributed by atoms with Gasteiger partial charge in [-0.2, -0.15) is 0 Å². The Kier molecular flexibility index (Phi) is 4.25. The van der Waals surface area contributed by atoms with E-state index in [2.05, 4.69) is 31.2 Å². The van der Waals surface area contributed by atoms with Crippen LogP contribution in [0.4, 0.5) is 0 Å². The first-order valence-electron chi connectivity index (χ1n) is 3.59. The van der Waals surface area contributed by atoms with E-state index < -0.39 is 0 Å². The Labute approximate surface area is 69.4 Å². The molecular formula is C7H17ClN2. The lowest BCUT2D eigenvalue weighted by molar-refractivity contribution is 0.266. The van der Waals surface area contributed by atoms with Gasteiger partial charge in [0, 0.05) is 12.6 Å². The molecule has 62 valence electrons. The highest BCUT2D eigenvalue weighted by Crippen LogP contribution is 2.11. The van der Waals surface area contributed by atoms with E-state index in [9.17, 15) is 0 Å². The van der Waals surface area contributed by atoms with E-state index in [-0.39, 0.29) is 12.4 Å². The van der Waals surface area contributed by atoms with Crippen molar-refractivity contribution in [3.63, 3.8) is 0 Å². The van der Waals surface area contributed by atoms with Gasteiger partial charge in [-0.1, -0.05) is 6.92 Å². The van der Waals surface area contributed by atoms with E-state index in [1.165, 1.54) is 6.54 Å². The largest absolute Gasteiger partial charge is 0.315 e. The number of nitrogens with one attached hydrogen (secondary N) is 1. The number of hydrogen-bond donors (Lipinski definition) is 1. The predicted molar refractivity (Wildman–Crippen MR) is 46.8 cm³/mol. The molecule has 0 spiro atoms. The van der Waals surface area contributed by atoms with Crippen molar-refractivity contribution in [1.82, 2.24) is 10.2 Å². The molecule has 0 aromatic carbocycles. The maximum absolute atomic E-state index is 3.36. The molecule has 0 saturated carbocycles. The number of halogens is 1. The summed E-state index contributed by atoms with van der Waals surface area (Å²) in [5.74, 6) is 0.819. The summed E-state index contributed by atoms with van der Waals surface area (Å²) in [5, 5.41) is 3.36. The van der Waals surface area contributed by atoms with Crippen molar-refractivity contribution in [3.8, 4) is 0 Å².